The van der Waals surface area contributed by atoms with E-state index in [1.165, 1.54) is 68.5 Å². The van der Waals surface area contributed by atoms with E-state index in [4.69, 9.17) is 46.4 Å². The van der Waals surface area contributed by atoms with Gasteiger partial charge in [0.05, 0.1) is 28.6 Å². The molecule has 7 nitrogen and oxygen atoms in total. The number of hydrazine groups is 1. The number of amides is 3. The number of carbonyl (C=O) groups excluding carboxylic acids is 3. The van der Waals surface area contributed by atoms with Crippen molar-refractivity contribution in [3.8, 4) is 0 Å². The Bertz CT molecular complexity index is 1310. The molecule has 2 aromatic carbocycles. The highest BCUT2D eigenvalue weighted by molar-refractivity contribution is 6.43. The molecule has 3 amide bonds. The Morgan fingerprint density at radius 2 is 1.48 bits per heavy atom. The largest absolute Gasteiger partial charge is 0.272 e. The summed E-state index contributed by atoms with van der Waals surface area (Å²) in [5.74, 6) is -1.30. The van der Waals surface area contributed by atoms with Crippen molar-refractivity contribution in [3.63, 3.8) is 0 Å². The monoisotopic (exact) mass is 652 g/mol. The maximum Gasteiger partial charge on any atom is 0.267 e. The standard InChI is InChI=1S/C31H36Cl4N4O3/c1-2-3-4-5-6-7-8-9-10-11-13-21-14-12-15-23(16-21)38(39-29(41)19-26(35)31(39)42)27-20-28(40)37(36-27)30-24(33)17-22(32)18-25(30)34/h12,14-18,26H,2-11,13,19-20H2,1H3. The molecule has 42 heavy (non-hydrogen) atoms. The number of imide groups is 1. The number of rotatable bonds is 14. The van der Waals surface area contributed by atoms with Gasteiger partial charge in [0.25, 0.3) is 17.7 Å². The number of unbranched alkanes of at least 4 members (excludes halogenated alkanes) is 9. The molecule has 0 saturated carbocycles. The molecule has 2 aromatic rings. The normalized spacial score (nSPS) is 17.0. The summed E-state index contributed by atoms with van der Waals surface area (Å²) in [5.41, 5.74) is 1.77. The fourth-order valence-electron chi connectivity index (χ4n) is 5.28. The first-order valence-electron chi connectivity index (χ1n) is 14.7. The Labute approximate surface area is 267 Å². The van der Waals surface area contributed by atoms with Crippen molar-refractivity contribution >= 4 is 81.3 Å². The van der Waals surface area contributed by atoms with Crippen molar-refractivity contribution in [1.82, 2.24) is 5.01 Å². The average molecular weight is 654 g/mol. The molecular weight excluding hydrogens is 618 g/mol. The van der Waals surface area contributed by atoms with Gasteiger partial charge in [-0.25, -0.2) is 5.01 Å². The molecule has 0 aromatic heterocycles. The number of aryl methyl sites for hydroxylation is 1. The zero-order valence-corrected chi connectivity index (χ0v) is 26.8. The molecule has 1 fully saturated rings. The summed E-state index contributed by atoms with van der Waals surface area (Å²) in [7, 11) is 0. The van der Waals surface area contributed by atoms with Crippen molar-refractivity contribution in [2.45, 2.75) is 95.8 Å². The van der Waals surface area contributed by atoms with E-state index in [0.717, 1.165) is 34.8 Å². The molecule has 226 valence electrons. The fraction of sp³-hybridized carbons (Fsp3) is 0.484. The number of nitrogens with zero attached hydrogens (tertiary/aromatic N) is 4. The summed E-state index contributed by atoms with van der Waals surface area (Å²) in [6, 6.07) is 10.5. The predicted molar refractivity (Wildman–Crippen MR) is 172 cm³/mol. The molecule has 2 aliphatic heterocycles. The number of hydrogen-bond donors (Lipinski definition) is 0. The molecule has 11 heteroatoms. The van der Waals surface area contributed by atoms with E-state index in [1.807, 2.05) is 18.2 Å². The summed E-state index contributed by atoms with van der Waals surface area (Å²) >= 11 is 25.0. The molecule has 0 radical (unpaired) electrons. The van der Waals surface area contributed by atoms with Gasteiger partial charge in [0.1, 0.15) is 11.1 Å². The molecule has 0 N–H and O–H groups in total. The molecule has 2 heterocycles. The topological polar surface area (TPSA) is 73.3 Å². The number of halogens is 4. The molecule has 0 spiro atoms. The smallest absolute Gasteiger partial charge is 0.267 e. The van der Waals surface area contributed by atoms with Gasteiger partial charge >= 0.3 is 0 Å². The van der Waals surface area contributed by atoms with Crippen molar-refractivity contribution in [1.29, 1.82) is 0 Å². The van der Waals surface area contributed by atoms with Gasteiger partial charge in [-0.3, -0.25) is 14.4 Å². The Balaban J connectivity index is 1.51. The van der Waals surface area contributed by atoms with Crippen molar-refractivity contribution < 1.29 is 14.4 Å². The quantitative estimate of drug-likeness (QED) is 0.116. The van der Waals surface area contributed by atoms with Gasteiger partial charge in [-0.1, -0.05) is 112 Å². The molecule has 1 unspecified atom stereocenters. The Morgan fingerprint density at radius 3 is 2.07 bits per heavy atom. The van der Waals surface area contributed by atoms with E-state index in [0.29, 0.717) is 10.7 Å². The predicted octanol–water partition coefficient (Wildman–Crippen LogP) is 8.95. The number of anilines is 2. The highest BCUT2D eigenvalue weighted by atomic mass is 35.5. The minimum atomic E-state index is -0.996. The summed E-state index contributed by atoms with van der Waals surface area (Å²) < 4.78 is 0. The van der Waals surface area contributed by atoms with Crippen LogP contribution in [-0.2, 0) is 20.8 Å². The number of amidine groups is 1. The van der Waals surface area contributed by atoms with Crippen molar-refractivity contribution in [2.24, 2.45) is 5.10 Å². The van der Waals surface area contributed by atoms with E-state index >= 15 is 0 Å². The first kappa shape index (κ1) is 32.6. The maximum absolute atomic E-state index is 13.2. The lowest BCUT2D eigenvalue weighted by molar-refractivity contribution is -0.138. The van der Waals surface area contributed by atoms with Crippen LogP contribution >= 0.6 is 46.4 Å². The number of benzene rings is 2. The third-order valence-corrected chi connectivity index (χ3v) is 8.58. The second kappa shape index (κ2) is 15.4. The van der Waals surface area contributed by atoms with E-state index in [1.54, 1.807) is 6.07 Å². The molecule has 0 aliphatic carbocycles. The van der Waals surface area contributed by atoms with Gasteiger partial charge in [0, 0.05) is 5.02 Å². The fourth-order valence-corrected chi connectivity index (χ4v) is 6.48. The minimum Gasteiger partial charge on any atom is -0.272 e. The zero-order valence-electron chi connectivity index (χ0n) is 23.8. The van der Waals surface area contributed by atoms with Crippen LogP contribution in [0, 0.1) is 0 Å². The van der Waals surface area contributed by atoms with E-state index in [-0.39, 0.29) is 34.4 Å². The number of carbonyl (C=O) groups is 3. The molecular formula is C31H36Cl4N4O3. The van der Waals surface area contributed by atoms with Crippen LogP contribution < -0.4 is 10.0 Å². The van der Waals surface area contributed by atoms with Gasteiger partial charge in [-0.2, -0.15) is 10.0 Å². The van der Waals surface area contributed by atoms with Crippen LogP contribution in [0.1, 0.15) is 89.5 Å². The molecule has 0 bridgehead atoms. The van der Waals surface area contributed by atoms with E-state index in [2.05, 4.69) is 12.0 Å². The third-order valence-electron chi connectivity index (χ3n) is 7.44. The average Bonchev–Trinajstić information content (AvgIpc) is 3.43. The van der Waals surface area contributed by atoms with E-state index in [9.17, 15) is 14.4 Å². The van der Waals surface area contributed by atoms with Crippen LogP contribution in [0.3, 0.4) is 0 Å². The highest BCUT2D eigenvalue weighted by Crippen LogP contribution is 2.39. The second-order valence-corrected chi connectivity index (χ2v) is 12.5. The Hall–Kier alpha value is -2.32. The summed E-state index contributed by atoms with van der Waals surface area (Å²) in [6.07, 6.45) is 13.0. The van der Waals surface area contributed by atoms with Crippen LogP contribution in [0.25, 0.3) is 0 Å². The molecule has 2 aliphatic rings. The van der Waals surface area contributed by atoms with Crippen LogP contribution in [0.4, 0.5) is 11.4 Å². The van der Waals surface area contributed by atoms with Crippen LogP contribution in [-0.4, -0.2) is 33.9 Å². The minimum absolute atomic E-state index is 0.144. The van der Waals surface area contributed by atoms with Gasteiger partial charge in [-0.05, 0) is 42.7 Å². The first-order valence-corrected chi connectivity index (χ1v) is 16.2. The Kier molecular flexibility index (Phi) is 12.0. The third kappa shape index (κ3) is 7.98. The lowest BCUT2D eigenvalue weighted by Crippen LogP contribution is -2.50. The number of alkyl halides is 1. The summed E-state index contributed by atoms with van der Waals surface area (Å²) in [5, 5.41) is 7.55. The number of hydrogen-bond acceptors (Lipinski definition) is 5. The SMILES string of the molecule is CCCCCCCCCCCCc1cccc(N(C2=NN(c3c(Cl)cc(Cl)cc3Cl)C(=O)C2)N2C(=O)CC(Cl)C2=O)c1. The van der Waals surface area contributed by atoms with Crippen molar-refractivity contribution in [2.75, 3.05) is 10.0 Å². The first-order chi connectivity index (χ1) is 20.2. The van der Waals surface area contributed by atoms with Gasteiger partial charge in [0.2, 0.25) is 0 Å². The molecule has 1 saturated heterocycles. The maximum atomic E-state index is 13.2. The highest BCUT2D eigenvalue weighted by Gasteiger charge is 2.45. The van der Waals surface area contributed by atoms with Crippen LogP contribution in [0.2, 0.25) is 15.1 Å². The lowest BCUT2D eigenvalue weighted by Gasteiger charge is -2.31. The van der Waals surface area contributed by atoms with E-state index < -0.39 is 23.1 Å². The lowest BCUT2D eigenvalue weighted by atomic mass is 10.0. The molecule has 4 rings (SSSR count). The van der Waals surface area contributed by atoms with Gasteiger partial charge < -0.3 is 0 Å². The number of hydrazone groups is 1. The van der Waals surface area contributed by atoms with Crippen LogP contribution in [0.5, 0.6) is 0 Å². The van der Waals surface area contributed by atoms with Gasteiger partial charge in [0.15, 0.2) is 5.84 Å². The molecule has 1 atom stereocenters. The van der Waals surface area contributed by atoms with Crippen molar-refractivity contribution in [3.05, 3.63) is 57.0 Å². The summed E-state index contributed by atoms with van der Waals surface area (Å²) in [4.78, 5) is 39.2. The van der Waals surface area contributed by atoms with Gasteiger partial charge in [-0.15, -0.1) is 16.7 Å². The second-order valence-electron chi connectivity index (χ2n) is 10.7. The summed E-state index contributed by atoms with van der Waals surface area (Å²) in [6.45, 7) is 2.24. The Morgan fingerprint density at radius 1 is 0.857 bits per heavy atom. The zero-order chi connectivity index (χ0) is 30.2. The van der Waals surface area contributed by atoms with Crippen LogP contribution in [0.15, 0.2) is 41.5 Å².